The Bertz CT molecular complexity index is 632. The highest BCUT2D eigenvalue weighted by Gasteiger charge is 2.21. The topological polar surface area (TPSA) is 34.4 Å². The van der Waals surface area contributed by atoms with Gasteiger partial charge in [0.1, 0.15) is 23.9 Å². The SMILES string of the molecule is Cc1ccc(Cl)cc1OCc1cc(CNC2CC2)c(C)o1. The molecule has 1 aromatic heterocycles. The maximum absolute atomic E-state index is 5.99. The number of hydrogen-bond donors (Lipinski definition) is 1. The molecule has 1 heterocycles. The Labute approximate surface area is 130 Å². The standard InChI is InChI=1S/C17H20ClNO2/c1-11-3-4-14(18)8-17(11)20-10-16-7-13(12(2)21-16)9-19-15-5-6-15/h3-4,7-8,15,19H,5-6,9-10H2,1-2H3. The van der Waals surface area contributed by atoms with Gasteiger partial charge in [-0.05, 0) is 50.5 Å². The molecule has 0 bridgehead atoms. The summed E-state index contributed by atoms with van der Waals surface area (Å²) in [5, 5.41) is 4.18. The first-order chi connectivity index (χ1) is 10.1. The second kappa shape index (κ2) is 6.12. The predicted molar refractivity (Wildman–Crippen MR) is 83.8 cm³/mol. The number of ether oxygens (including phenoxy) is 1. The summed E-state index contributed by atoms with van der Waals surface area (Å²) in [5.41, 5.74) is 2.28. The van der Waals surface area contributed by atoms with E-state index in [9.17, 15) is 0 Å². The van der Waals surface area contributed by atoms with Crippen LogP contribution in [0.4, 0.5) is 0 Å². The molecule has 0 amide bonds. The first-order valence-corrected chi connectivity index (χ1v) is 7.70. The van der Waals surface area contributed by atoms with Gasteiger partial charge in [0, 0.05) is 23.2 Å². The molecule has 1 N–H and O–H groups in total. The van der Waals surface area contributed by atoms with E-state index in [2.05, 4.69) is 11.4 Å². The van der Waals surface area contributed by atoms with Gasteiger partial charge in [-0.15, -0.1) is 0 Å². The van der Waals surface area contributed by atoms with Crippen molar-refractivity contribution in [1.82, 2.24) is 5.32 Å². The Morgan fingerprint density at radius 1 is 1.29 bits per heavy atom. The summed E-state index contributed by atoms with van der Waals surface area (Å²) < 4.78 is 11.6. The molecule has 2 aromatic rings. The van der Waals surface area contributed by atoms with Crippen LogP contribution in [0.25, 0.3) is 0 Å². The fourth-order valence-corrected chi connectivity index (χ4v) is 2.42. The molecule has 1 aromatic carbocycles. The molecule has 0 aliphatic heterocycles. The summed E-state index contributed by atoms with van der Waals surface area (Å²) in [4.78, 5) is 0. The molecule has 0 spiro atoms. The summed E-state index contributed by atoms with van der Waals surface area (Å²) in [6.45, 7) is 5.30. The van der Waals surface area contributed by atoms with Crippen molar-refractivity contribution in [3.8, 4) is 5.75 Å². The molecule has 1 fully saturated rings. The molecule has 3 rings (SSSR count). The fraction of sp³-hybridized carbons (Fsp3) is 0.412. The number of halogens is 1. The Kier molecular flexibility index (Phi) is 4.22. The smallest absolute Gasteiger partial charge is 0.146 e. The van der Waals surface area contributed by atoms with Gasteiger partial charge in [0.05, 0.1) is 0 Å². The number of nitrogens with one attached hydrogen (secondary N) is 1. The molecule has 1 aliphatic rings. The molecule has 0 saturated heterocycles. The van der Waals surface area contributed by atoms with E-state index in [1.54, 1.807) is 0 Å². The molecule has 3 nitrogen and oxygen atoms in total. The first kappa shape index (κ1) is 14.5. The summed E-state index contributed by atoms with van der Waals surface area (Å²) in [5.74, 6) is 2.61. The molecule has 0 radical (unpaired) electrons. The zero-order valence-corrected chi connectivity index (χ0v) is 13.2. The van der Waals surface area contributed by atoms with Crippen LogP contribution in [0, 0.1) is 13.8 Å². The summed E-state index contributed by atoms with van der Waals surface area (Å²) >= 11 is 5.99. The van der Waals surface area contributed by atoms with Gasteiger partial charge < -0.3 is 14.5 Å². The lowest BCUT2D eigenvalue weighted by atomic mass is 10.2. The molecule has 0 unspecified atom stereocenters. The van der Waals surface area contributed by atoms with Gasteiger partial charge in [-0.1, -0.05) is 17.7 Å². The lowest BCUT2D eigenvalue weighted by Crippen LogP contribution is -2.15. The molecule has 1 saturated carbocycles. The van der Waals surface area contributed by atoms with E-state index < -0.39 is 0 Å². The van der Waals surface area contributed by atoms with E-state index in [1.165, 1.54) is 18.4 Å². The maximum atomic E-state index is 5.99. The van der Waals surface area contributed by atoms with Gasteiger partial charge in [0.25, 0.3) is 0 Å². The van der Waals surface area contributed by atoms with Gasteiger partial charge in [-0.25, -0.2) is 0 Å². The molecular weight excluding hydrogens is 286 g/mol. The van der Waals surface area contributed by atoms with Crippen LogP contribution in [0.3, 0.4) is 0 Å². The van der Waals surface area contributed by atoms with Crippen molar-refractivity contribution < 1.29 is 9.15 Å². The van der Waals surface area contributed by atoms with Crippen molar-refractivity contribution in [2.24, 2.45) is 0 Å². The van der Waals surface area contributed by atoms with E-state index >= 15 is 0 Å². The van der Waals surface area contributed by atoms with Crippen LogP contribution in [0.1, 0.15) is 35.5 Å². The quantitative estimate of drug-likeness (QED) is 0.860. The highest BCUT2D eigenvalue weighted by Crippen LogP contribution is 2.25. The highest BCUT2D eigenvalue weighted by atomic mass is 35.5. The van der Waals surface area contributed by atoms with Crippen molar-refractivity contribution in [1.29, 1.82) is 0 Å². The zero-order chi connectivity index (χ0) is 14.8. The lowest BCUT2D eigenvalue weighted by Gasteiger charge is -2.07. The van der Waals surface area contributed by atoms with Gasteiger partial charge in [-0.3, -0.25) is 0 Å². The predicted octanol–water partition coefficient (Wildman–Crippen LogP) is 4.38. The maximum Gasteiger partial charge on any atom is 0.146 e. The normalized spacial score (nSPS) is 14.4. The van der Waals surface area contributed by atoms with Crippen molar-refractivity contribution in [3.63, 3.8) is 0 Å². The van der Waals surface area contributed by atoms with Gasteiger partial charge in [0.15, 0.2) is 0 Å². The van der Waals surface area contributed by atoms with Crippen molar-refractivity contribution in [2.45, 2.75) is 45.9 Å². The average molecular weight is 306 g/mol. The van der Waals surface area contributed by atoms with Crippen molar-refractivity contribution in [2.75, 3.05) is 0 Å². The summed E-state index contributed by atoms with van der Waals surface area (Å²) in [6.07, 6.45) is 2.59. The summed E-state index contributed by atoms with van der Waals surface area (Å²) in [7, 11) is 0. The first-order valence-electron chi connectivity index (χ1n) is 7.32. The number of furan rings is 1. The molecule has 1 aliphatic carbocycles. The third kappa shape index (κ3) is 3.80. The third-order valence-corrected chi connectivity index (χ3v) is 3.99. The zero-order valence-electron chi connectivity index (χ0n) is 12.4. The minimum atomic E-state index is 0.422. The van der Waals surface area contributed by atoms with Crippen LogP contribution in [-0.2, 0) is 13.2 Å². The number of hydrogen-bond acceptors (Lipinski definition) is 3. The third-order valence-electron chi connectivity index (χ3n) is 3.75. The Morgan fingerprint density at radius 3 is 2.86 bits per heavy atom. The van der Waals surface area contributed by atoms with Crippen molar-refractivity contribution in [3.05, 3.63) is 51.9 Å². The molecule has 21 heavy (non-hydrogen) atoms. The second-order valence-electron chi connectivity index (χ2n) is 5.65. The summed E-state index contributed by atoms with van der Waals surface area (Å²) in [6, 6.07) is 8.43. The fourth-order valence-electron chi connectivity index (χ4n) is 2.25. The Balaban J connectivity index is 1.61. The van der Waals surface area contributed by atoms with Gasteiger partial charge in [0.2, 0.25) is 0 Å². The van der Waals surface area contributed by atoms with E-state index in [0.29, 0.717) is 17.7 Å². The number of rotatable bonds is 6. The monoisotopic (exact) mass is 305 g/mol. The molecule has 4 heteroatoms. The van der Waals surface area contributed by atoms with E-state index in [-0.39, 0.29) is 0 Å². The van der Waals surface area contributed by atoms with E-state index in [4.69, 9.17) is 20.8 Å². The second-order valence-corrected chi connectivity index (χ2v) is 6.08. The highest BCUT2D eigenvalue weighted by molar-refractivity contribution is 6.30. The van der Waals surface area contributed by atoms with E-state index in [0.717, 1.165) is 29.4 Å². The number of benzene rings is 1. The largest absolute Gasteiger partial charge is 0.485 e. The van der Waals surface area contributed by atoms with Gasteiger partial charge >= 0.3 is 0 Å². The molecular formula is C17H20ClNO2. The minimum absolute atomic E-state index is 0.422. The van der Waals surface area contributed by atoms with Crippen LogP contribution in [0.2, 0.25) is 5.02 Å². The van der Waals surface area contributed by atoms with Crippen LogP contribution in [0.15, 0.2) is 28.7 Å². The van der Waals surface area contributed by atoms with Crippen LogP contribution < -0.4 is 10.1 Å². The van der Waals surface area contributed by atoms with Crippen LogP contribution >= 0.6 is 11.6 Å². The van der Waals surface area contributed by atoms with E-state index in [1.807, 2.05) is 32.0 Å². The lowest BCUT2D eigenvalue weighted by molar-refractivity contribution is 0.266. The number of aryl methyl sites for hydroxylation is 2. The molecule has 0 atom stereocenters. The minimum Gasteiger partial charge on any atom is -0.485 e. The Hall–Kier alpha value is -1.45. The molecule has 112 valence electrons. The van der Waals surface area contributed by atoms with Crippen LogP contribution in [0.5, 0.6) is 5.75 Å². The van der Waals surface area contributed by atoms with Gasteiger partial charge in [-0.2, -0.15) is 0 Å². The Morgan fingerprint density at radius 2 is 2.10 bits per heavy atom. The van der Waals surface area contributed by atoms with Crippen molar-refractivity contribution >= 4 is 11.6 Å². The average Bonchev–Trinajstić information content (AvgIpc) is 3.21. The van der Waals surface area contributed by atoms with Crippen LogP contribution in [-0.4, -0.2) is 6.04 Å².